The number of carbonyl (C=O) groups is 6. The first kappa shape index (κ1) is 59.6. The molecule has 0 radical (unpaired) electrons. The predicted octanol–water partition coefficient (Wildman–Crippen LogP) is 9.81. The lowest BCUT2D eigenvalue weighted by atomic mass is 10.0. The number of halogens is 9. The SMILES string of the molecule is [2H]C([2H])([2H])C([2H])([2H])OC(=O)[C@H](Cc1ccc(F)cc1)NC(=O)[C@@H](N)Cc1ccc(N(CCCl)CCCl)cc1.[2H]c1cc(C[C@H](N)C(=O)N[C@@H](Cc2ccc(F)cc2)C(=O)OC([2H])([2H])C([2H])([2H])[2H])cc([2H])c1N(CCCl)CCCl.[2H]c1cc(C[C@H](N)C(=O)N[C@@H](Cc2ccc(F)cc2)C(=O)OC([2H])([2H])C([2H])([2H])[2H])ccc1N(CCCl)CCCl. The quantitative estimate of drug-likeness (QED) is 0.0119. The molecule has 0 bridgehead atoms. The number of hydrogen-bond acceptors (Lipinski definition) is 15. The number of nitrogens with one attached hydrogen (secondary N) is 3. The number of nitrogens with zero attached hydrogens (tertiary/aromatic N) is 3. The lowest BCUT2D eigenvalue weighted by Gasteiger charge is -2.23. The predicted molar refractivity (Wildman–Crippen MR) is 391 cm³/mol. The molecule has 6 rings (SSSR count). The smallest absolute Gasteiger partial charge is 0.328 e. The van der Waals surface area contributed by atoms with Crippen molar-refractivity contribution < 1.29 is 80.8 Å². The number of carbonyl (C=O) groups excluding carboxylic acids is 6. The molecule has 6 atom stereocenters. The molecule has 0 fully saturated rings. The lowest BCUT2D eigenvalue weighted by molar-refractivity contribution is -0.147. The second kappa shape index (κ2) is 47.1. The third-order valence-corrected chi connectivity index (χ3v) is 15.4. The highest BCUT2D eigenvalue weighted by molar-refractivity contribution is 6.19. The maximum absolute atomic E-state index is 13.3. The average molecular weight is 1510 g/mol. The van der Waals surface area contributed by atoms with E-state index in [-0.39, 0.29) is 68.4 Å². The zero-order valence-corrected chi connectivity index (χ0v) is 58.0. The summed E-state index contributed by atoms with van der Waals surface area (Å²) in [4.78, 5) is 82.6. The molecule has 0 aromatic heterocycles. The Balaban J connectivity index is 0.000000369. The molecule has 0 aliphatic carbocycles. The average Bonchev–Trinajstić information content (AvgIpc) is 0.833. The number of rotatable bonds is 39. The largest absolute Gasteiger partial charge is 0.464 e. The standard InChI is InChI=1S/3C24H30Cl2FN3O3/c3*1-2-33-24(32)22(16-18-3-7-19(27)8-4-18)29-23(31)21(28)15-17-5-9-20(10-6-17)30(13-11-25)14-12-26/h3*3-10,21-22H,2,11-16,28H2,1H3,(H,29,31)/t3*21-,22-/m000/s1/i1D3,2D2,9D,10D;1D3,2D2,9D;1D3,2D2. The number of ether oxygens (including phenoxy) is 3. The molecular formula is C72H90Cl6F3N9O9. The Bertz CT molecular complexity index is 4150. The van der Waals surface area contributed by atoms with Gasteiger partial charge in [0.25, 0.3) is 0 Å². The van der Waals surface area contributed by atoms with Crippen molar-refractivity contribution in [3.05, 3.63) is 196 Å². The van der Waals surface area contributed by atoms with E-state index in [0.29, 0.717) is 102 Å². The minimum atomic E-state index is -3.34. The van der Waals surface area contributed by atoms with Crippen molar-refractivity contribution in [2.75, 3.05) is 109 Å². The van der Waals surface area contributed by atoms with E-state index in [9.17, 15) is 41.9 Å². The third kappa shape index (κ3) is 31.2. The van der Waals surface area contributed by atoms with Crippen LogP contribution in [0.3, 0.4) is 0 Å². The molecule has 18 nitrogen and oxygen atoms in total. The molecule has 0 aliphatic rings. The monoisotopic (exact) mass is 1510 g/mol. The molecule has 27 heteroatoms. The van der Waals surface area contributed by atoms with Gasteiger partial charge in [-0.15, -0.1) is 69.6 Å². The minimum Gasteiger partial charge on any atom is -0.464 e. The fourth-order valence-corrected chi connectivity index (χ4v) is 10.6. The van der Waals surface area contributed by atoms with Gasteiger partial charge in [0.15, 0.2) is 0 Å². The Kier molecular flexibility index (Phi) is 28.4. The van der Waals surface area contributed by atoms with Crippen LogP contribution in [0.4, 0.5) is 30.2 Å². The molecule has 0 saturated heterocycles. The van der Waals surface area contributed by atoms with Gasteiger partial charge in [0.1, 0.15) is 35.6 Å². The molecule has 0 heterocycles. The highest BCUT2D eigenvalue weighted by Gasteiger charge is 2.29. The Morgan fingerprint density at radius 1 is 0.384 bits per heavy atom. The van der Waals surface area contributed by atoms with Crippen LogP contribution in [0.5, 0.6) is 0 Å². The van der Waals surface area contributed by atoms with Gasteiger partial charge in [0.05, 0.1) is 50.1 Å². The number of amides is 3. The number of hydrogen-bond donors (Lipinski definition) is 6. The Morgan fingerprint density at radius 3 is 0.899 bits per heavy atom. The molecule has 0 spiro atoms. The first-order valence-electron chi connectivity index (χ1n) is 39.5. The summed E-state index contributed by atoms with van der Waals surface area (Å²) in [5.41, 5.74) is 22.9. The zero-order valence-electron chi connectivity index (χ0n) is 71.5. The zero-order chi connectivity index (χ0) is 88.1. The summed E-state index contributed by atoms with van der Waals surface area (Å²) >= 11 is 35.1. The van der Waals surface area contributed by atoms with Gasteiger partial charge in [-0.05, 0) is 146 Å². The normalized spacial score (nSPS) is 16.1. The molecule has 540 valence electrons. The number of alkyl halides is 6. The van der Waals surface area contributed by atoms with E-state index in [1.54, 1.807) is 35.2 Å². The third-order valence-electron chi connectivity index (χ3n) is 14.4. The van der Waals surface area contributed by atoms with Crippen LogP contribution < -0.4 is 47.9 Å². The van der Waals surface area contributed by atoms with E-state index in [0.717, 1.165) is 47.6 Å². The number of nitrogens with two attached hydrogens (primary N) is 3. The van der Waals surface area contributed by atoms with E-state index in [4.69, 9.17) is 111 Å². The molecule has 9 N–H and O–H groups in total. The summed E-state index contributed by atoms with van der Waals surface area (Å²) in [6.45, 7) is -16.8. The summed E-state index contributed by atoms with van der Waals surface area (Å²) in [6, 6.07) is 22.2. The first-order valence-corrected chi connectivity index (χ1v) is 33.7. The summed E-state index contributed by atoms with van der Waals surface area (Å²) < 4.78 is 190. The van der Waals surface area contributed by atoms with E-state index in [2.05, 4.69) is 30.2 Å². The van der Waals surface area contributed by atoms with Gasteiger partial charge in [-0.1, -0.05) is 72.8 Å². The van der Waals surface area contributed by atoms with Crippen molar-refractivity contribution in [2.45, 2.75) is 95.3 Å². The molecule has 0 saturated carbocycles. The van der Waals surface area contributed by atoms with Crippen molar-refractivity contribution in [3.8, 4) is 0 Å². The van der Waals surface area contributed by atoms with Crippen LogP contribution in [0.2, 0.25) is 0 Å². The molecule has 0 aliphatic heterocycles. The second-order valence-corrected chi connectivity index (χ2v) is 23.8. The van der Waals surface area contributed by atoms with Crippen LogP contribution in [-0.2, 0) is 81.5 Å². The fraction of sp³-hybridized carbons (Fsp3) is 0.417. The van der Waals surface area contributed by atoms with Gasteiger partial charge in [0.2, 0.25) is 17.7 Å². The van der Waals surface area contributed by atoms with Crippen LogP contribution in [0.1, 0.15) is 78.6 Å². The van der Waals surface area contributed by atoms with Crippen molar-refractivity contribution in [3.63, 3.8) is 0 Å². The molecule has 0 unspecified atom stereocenters. The van der Waals surface area contributed by atoms with E-state index in [1.807, 2.05) is 21.9 Å². The van der Waals surface area contributed by atoms with Crippen LogP contribution >= 0.6 is 69.6 Å². The number of esters is 3. The summed E-state index contributed by atoms with van der Waals surface area (Å²) in [6.07, 6.45) is -0.724. The van der Waals surface area contributed by atoms with Crippen LogP contribution in [0.25, 0.3) is 0 Å². The molecule has 6 aromatic rings. The minimum absolute atomic E-state index is 0.00256. The maximum Gasteiger partial charge on any atom is 0.328 e. The van der Waals surface area contributed by atoms with E-state index in [1.165, 1.54) is 48.5 Å². The number of benzene rings is 6. The van der Waals surface area contributed by atoms with Gasteiger partial charge < -0.3 is 62.1 Å². The summed E-state index contributed by atoms with van der Waals surface area (Å²) in [5, 5.41) is 7.15. The summed E-state index contributed by atoms with van der Waals surface area (Å²) in [7, 11) is 0. The lowest BCUT2D eigenvalue weighted by Crippen LogP contribution is -2.50. The molecule has 6 aromatic carbocycles. The molecule has 3 amide bonds. The van der Waals surface area contributed by atoms with Gasteiger partial charge in [0, 0.05) is 123 Å². The topological polar surface area (TPSA) is 254 Å². The van der Waals surface area contributed by atoms with Gasteiger partial charge in [-0.25, -0.2) is 27.6 Å². The molecule has 99 heavy (non-hydrogen) atoms. The van der Waals surface area contributed by atoms with Crippen molar-refractivity contribution in [2.24, 2.45) is 17.2 Å². The van der Waals surface area contributed by atoms with E-state index >= 15 is 0 Å². The van der Waals surface area contributed by atoms with Gasteiger partial charge >= 0.3 is 17.9 Å². The Labute approximate surface area is 634 Å². The Morgan fingerprint density at radius 2 is 0.616 bits per heavy atom. The van der Waals surface area contributed by atoms with Crippen LogP contribution in [0.15, 0.2) is 146 Å². The van der Waals surface area contributed by atoms with E-state index < -0.39 is 130 Å². The second-order valence-electron chi connectivity index (χ2n) is 21.5. The van der Waals surface area contributed by atoms with Crippen LogP contribution in [-0.4, -0.2) is 166 Å². The van der Waals surface area contributed by atoms with Crippen molar-refractivity contribution in [1.82, 2.24) is 16.0 Å². The molecular weight excluding hydrogens is 1400 g/mol. The highest BCUT2D eigenvalue weighted by atomic mass is 35.5. The van der Waals surface area contributed by atoms with Gasteiger partial charge in [-0.2, -0.15) is 0 Å². The summed E-state index contributed by atoms with van der Waals surface area (Å²) in [5.74, 6) is -5.92. The highest BCUT2D eigenvalue weighted by Crippen LogP contribution is 2.21. The maximum atomic E-state index is 13.3. The van der Waals surface area contributed by atoms with Crippen molar-refractivity contribution >= 4 is 122 Å². The first-order chi connectivity index (χ1) is 54.5. The number of anilines is 3. The van der Waals surface area contributed by atoms with Gasteiger partial charge in [-0.3, -0.25) is 14.4 Å². The fourth-order valence-electron chi connectivity index (χ4n) is 9.38. The van der Waals surface area contributed by atoms with Crippen molar-refractivity contribution in [1.29, 1.82) is 0 Å². The van der Waals surface area contributed by atoms with Crippen LogP contribution in [0, 0.1) is 17.5 Å². The Hall–Kier alpha value is -7.05.